The maximum absolute atomic E-state index is 9.56. The molecule has 0 aromatic carbocycles. The SMILES string of the molecule is CC(C)NC(C)(CO)CCCCN1C[C@@H](C)O[C@@H](C)C1. The van der Waals surface area contributed by atoms with Crippen molar-refractivity contribution >= 4 is 0 Å². The number of nitrogens with zero attached hydrogens (tertiary/aromatic N) is 1. The van der Waals surface area contributed by atoms with Gasteiger partial charge in [0, 0.05) is 24.7 Å². The van der Waals surface area contributed by atoms with Crippen molar-refractivity contribution < 1.29 is 9.84 Å². The van der Waals surface area contributed by atoms with Crippen LogP contribution in [-0.2, 0) is 4.74 Å². The van der Waals surface area contributed by atoms with E-state index in [2.05, 4.69) is 44.8 Å². The van der Waals surface area contributed by atoms with E-state index in [0.717, 1.165) is 32.5 Å². The van der Waals surface area contributed by atoms with Crippen LogP contribution in [0.4, 0.5) is 0 Å². The number of hydrogen-bond acceptors (Lipinski definition) is 4. The third-order valence-corrected chi connectivity index (χ3v) is 3.93. The molecule has 1 rings (SSSR count). The molecule has 0 saturated carbocycles. The summed E-state index contributed by atoms with van der Waals surface area (Å²) in [6.45, 7) is 14.1. The summed E-state index contributed by atoms with van der Waals surface area (Å²) in [6.07, 6.45) is 4.07. The molecule has 4 heteroatoms. The van der Waals surface area contributed by atoms with Crippen molar-refractivity contribution in [2.75, 3.05) is 26.2 Å². The maximum atomic E-state index is 9.56. The molecule has 120 valence electrons. The first-order valence-corrected chi connectivity index (χ1v) is 8.11. The molecule has 2 N–H and O–H groups in total. The molecule has 1 unspecified atom stereocenters. The molecule has 0 spiro atoms. The van der Waals surface area contributed by atoms with E-state index in [1.807, 2.05) is 0 Å². The van der Waals surface area contributed by atoms with Crippen molar-refractivity contribution in [2.45, 2.75) is 77.7 Å². The van der Waals surface area contributed by atoms with Crippen LogP contribution in [0.15, 0.2) is 0 Å². The molecule has 4 nitrogen and oxygen atoms in total. The van der Waals surface area contributed by atoms with Crippen LogP contribution in [-0.4, -0.2) is 60.0 Å². The number of nitrogens with one attached hydrogen (secondary N) is 1. The second-order valence-corrected chi connectivity index (χ2v) is 6.99. The molecule has 1 aliphatic rings. The first kappa shape index (κ1) is 17.9. The Kier molecular flexibility index (Phi) is 7.45. The van der Waals surface area contributed by atoms with Gasteiger partial charge in [-0.15, -0.1) is 0 Å². The third-order valence-electron chi connectivity index (χ3n) is 3.93. The first-order valence-electron chi connectivity index (χ1n) is 8.11. The summed E-state index contributed by atoms with van der Waals surface area (Å²) in [5.74, 6) is 0. The largest absolute Gasteiger partial charge is 0.394 e. The fourth-order valence-electron chi connectivity index (χ4n) is 3.21. The minimum atomic E-state index is -0.139. The second kappa shape index (κ2) is 8.32. The Morgan fingerprint density at radius 2 is 1.85 bits per heavy atom. The fourth-order valence-corrected chi connectivity index (χ4v) is 3.21. The summed E-state index contributed by atoms with van der Waals surface area (Å²) in [4.78, 5) is 2.50. The van der Waals surface area contributed by atoms with Gasteiger partial charge in [-0.25, -0.2) is 0 Å². The highest BCUT2D eigenvalue weighted by molar-refractivity contribution is 4.84. The van der Waals surface area contributed by atoms with Crippen molar-refractivity contribution in [2.24, 2.45) is 0 Å². The van der Waals surface area contributed by atoms with Crippen LogP contribution in [0.25, 0.3) is 0 Å². The summed E-state index contributed by atoms with van der Waals surface area (Å²) >= 11 is 0. The van der Waals surface area contributed by atoms with Gasteiger partial charge in [0.2, 0.25) is 0 Å². The zero-order valence-electron chi connectivity index (χ0n) is 14.0. The van der Waals surface area contributed by atoms with Gasteiger partial charge in [-0.1, -0.05) is 20.3 Å². The van der Waals surface area contributed by atoms with Gasteiger partial charge in [0.15, 0.2) is 0 Å². The highest BCUT2D eigenvalue weighted by Gasteiger charge is 2.24. The molecular formula is C16H34N2O2. The molecule has 0 aliphatic carbocycles. The van der Waals surface area contributed by atoms with Crippen molar-refractivity contribution in [1.29, 1.82) is 0 Å². The van der Waals surface area contributed by atoms with Gasteiger partial charge in [0.25, 0.3) is 0 Å². The van der Waals surface area contributed by atoms with Crippen molar-refractivity contribution in [3.63, 3.8) is 0 Å². The number of aliphatic hydroxyl groups excluding tert-OH is 1. The molecular weight excluding hydrogens is 252 g/mol. The van der Waals surface area contributed by atoms with E-state index in [4.69, 9.17) is 4.74 Å². The predicted octanol–water partition coefficient (Wildman–Crippen LogP) is 2.01. The Morgan fingerprint density at radius 3 is 2.35 bits per heavy atom. The molecule has 1 saturated heterocycles. The topological polar surface area (TPSA) is 44.7 Å². The number of aliphatic hydroxyl groups is 1. The van der Waals surface area contributed by atoms with Crippen molar-refractivity contribution in [1.82, 2.24) is 10.2 Å². The number of rotatable bonds is 8. The molecule has 3 atom stereocenters. The molecule has 20 heavy (non-hydrogen) atoms. The summed E-state index contributed by atoms with van der Waals surface area (Å²) in [5.41, 5.74) is -0.139. The predicted molar refractivity (Wildman–Crippen MR) is 84.1 cm³/mol. The van der Waals surface area contributed by atoms with E-state index in [-0.39, 0.29) is 12.1 Å². The highest BCUT2D eigenvalue weighted by atomic mass is 16.5. The first-order chi connectivity index (χ1) is 9.34. The van der Waals surface area contributed by atoms with Crippen LogP contribution in [0, 0.1) is 0 Å². The Morgan fingerprint density at radius 1 is 1.25 bits per heavy atom. The Balaban J connectivity index is 2.23. The van der Waals surface area contributed by atoms with Gasteiger partial charge >= 0.3 is 0 Å². The van der Waals surface area contributed by atoms with Crippen LogP contribution in [0.3, 0.4) is 0 Å². The monoisotopic (exact) mass is 286 g/mol. The number of unbranched alkanes of at least 4 members (excludes halogenated alkanes) is 1. The van der Waals surface area contributed by atoms with Crippen molar-refractivity contribution in [3.05, 3.63) is 0 Å². The van der Waals surface area contributed by atoms with E-state index >= 15 is 0 Å². The average molecular weight is 286 g/mol. The smallest absolute Gasteiger partial charge is 0.0678 e. The third kappa shape index (κ3) is 6.53. The summed E-state index contributed by atoms with van der Waals surface area (Å²) in [5, 5.41) is 13.0. The molecule has 0 amide bonds. The lowest BCUT2D eigenvalue weighted by molar-refractivity contribution is -0.0682. The van der Waals surface area contributed by atoms with Crippen molar-refractivity contribution in [3.8, 4) is 0 Å². The Labute approximate surface area is 124 Å². The van der Waals surface area contributed by atoms with Crippen LogP contribution in [0.1, 0.15) is 53.9 Å². The molecule has 1 fully saturated rings. The van der Waals surface area contributed by atoms with Crippen LogP contribution < -0.4 is 5.32 Å². The zero-order chi connectivity index (χ0) is 15.2. The highest BCUT2D eigenvalue weighted by Crippen LogP contribution is 2.16. The lowest BCUT2D eigenvalue weighted by atomic mass is 9.94. The quantitative estimate of drug-likeness (QED) is 0.670. The lowest BCUT2D eigenvalue weighted by Gasteiger charge is -2.36. The second-order valence-electron chi connectivity index (χ2n) is 6.99. The summed E-state index contributed by atoms with van der Waals surface area (Å²) in [7, 11) is 0. The fraction of sp³-hybridized carbons (Fsp3) is 1.00. The van der Waals surface area contributed by atoms with Gasteiger partial charge in [0.1, 0.15) is 0 Å². The van der Waals surface area contributed by atoms with Gasteiger partial charge < -0.3 is 15.2 Å². The summed E-state index contributed by atoms with van der Waals surface area (Å²) in [6, 6.07) is 0.410. The number of hydrogen-bond donors (Lipinski definition) is 2. The molecule has 1 heterocycles. The molecule has 0 bridgehead atoms. The van der Waals surface area contributed by atoms with Crippen LogP contribution in [0.2, 0.25) is 0 Å². The zero-order valence-corrected chi connectivity index (χ0v) is 14.0. The molecule has 0 radical (unpaired) electrons. The Bertz CT molecular complexity index is 263. The van der Waals surface area contributed by atoms with E-state index in [1.54, 1.807) is 0 Å². The molecule has 1 aliphatic heterocycles. The van der Waals surface area contributed by atoms with E-state index in [9.17, 15) is 5.11 Å². The van der Waals surface area contributed by atoms with E-state index in [1.165, 1.54) is 6.42 Å². The minimum absolute atomic E-state index is 0.139. The molecule has 0 aromatic rings. The van der Waals surface area contributed by atoms with E-state index < -0.39 is 0 Å². The van der Waals surface area contributed by atoms with Crippen LogP contribution >= 0.6 is 0 Å². The normalized spacial score (nSPS) is 27.8. The van der Waals surface area contributed by atoms with Gasteiger partial charge in [-0.2, -0.15) is 0 Å². The number of morpholine rings is 1. The summed E-state index contributed by atoms with van der Waals surface area (Å²) < 4.78 is 5.75. The minimum Gasteiger partial charge on any atom is -0.394 e. The lowest BCUT2D eigenvalue weighted by Crippen LogP contribution is -2.49. The van der Waals surface area contributed by atoms with Gasteiger partial charge in [-0.3, -0.25) is 4.90 Å². The van der Waals surface area contributed by atoms with Crippen LogP contribution in [0.5, 0.6) is 0 Å². The average Bonchev–Trinajstić information content (AvgIpc) is 2.33. The van der Waals surface area contributed by atoms with Gasteiger partial charge in [-0.05, 0) is 40.2 Å². The van der Waals surface area contributed by atoms with E-state index in [0.29, 0.717) is 18.2 Å². The van der Waals surface area contributed by atoms with Gasteiger partial charge in [0.05, 0.1) is 18.8 Å². The maximum Gasteiger partial charge on any atom is 0.0678 e. The molecule has 0 aromatic heterocycles. The standard InChI is InChI=1S/C16H34N2O2/c1-13(2)17-16(5,12-19)8-6-7-9-18-10-14(3)20-15(4)11-18/h13-15,17,19H,6-12H2,1-5H3/t14-,15+,16?. The Hall–Kier alpha value is -0.160. The number of ether oxygens (including phenoxy) is 1.